The molecule has 0 unspecified atom stereocenters. The lowest BCUT2D eigenvalue weighted by Crippen LogP contribution is -2.40. The van der Waals surface area contributed by atoms with E-state index in [9.17, 15) is 9.59 Å². The second-order valence-corrected chi connectivity index (χ2v) is 5.05. The Morgan fingerprint density at radius 3 is 2.58 bits per heavy atom. The van der Waals surface area contributed by atoms with E-state index in [0.717, 1.165) is 5.56 Å². The number of benzene rings is 1. The summed E-state index contributed by atoms with van der Waals surface area (Å²) in [5.74, 6) is -0.484. The average Bonchev–Trinajstić information content (AvgIpc) is 2.27. The molecule has 0 aliphatic heterocycles. The van der Waals surface area contributed by atoms with Gasteiger partial charge in [-0.25, -0.2) is 10.2 Å². The van der Waals surface area contributed by atoms with Gasteiger partial charge in [0.25, 0.3) is 0 Å². The molecule has 0 spiro atoms. The number of ether oxygens (including phenoxy) is 1. The lowest BCUT2D eigenvalue weighted by molar-refractivity contribution is 0.0497. The van der Waals surface area contributed by atoms with Gasteiger partial charge in [0.2, 0.25) is 5.91 Å². The van der Waals surface area contributed by atoms with Crippen molar-refractivity contribution in [2.75, 3.05) is 0 Å². The molecule has 6 heteroatoms. The highest BCUT2D eigenvalue weighted by Gasteiger charge is 2.15. The summed E-state index contributed by atoms with van der Waals surface area (Å²) >= 11 is 0. The summed E-state index contributed by atoms with van der Waals surface area (Å²) < 4.78 is 5.05. The van der Waals surface area contributed by atoms with E-state index >= 15 is 0 Å². The van der Waals surface area contributed by atoms with Gasteiger partial charge in [-0.2, -0.15) is 0 Å². The first-order valence-corrected chi connectivity index (χ1v) is 5.88. The molecule has 0 saturated carbocycles. The molecule has 104 valence electrons. The number of amides is 2. The summed E-state index contributed by atoms with van der Waals surface area (Å²) in [5.41, 5.74) is 11.0. The van der Waals surface area contributed by atoms with Crippen LogP contribution in [0.2, 0.25) is 0 Å². The van der Waals surface area contributed by atoms with Crippen molar-refractivity contribution in [1.82, 2.24) is 10.9 Å². The molecule has 0 atom stereocenters. The Bertz CT molecular complexity index is 466. The average molecular weight is 265 g/mol. The minimum Gasteiger partial charge on any atom is -0.443 e. The zero-order chi connectivity index (χ0) is 14.5. The third-order valence-electron chi connectivity index (χ3n) is 2.09. The Morgan fingerprint density at radius 2 is 2.00 bits per heavy atom. The maximum absolute atomic E-state index is 11.4. The lowest BCUT2D eigenvalue weighted by Gasteiger charge is -2.19. The molecule has 6 nitrogen and oxygen atoms in total. The highest BCUT2D eigenvalue weighted by atomic mass is 16.6. The van der Waals surface area contributed by atoms with Crippen molar-refractivity contribution in [2.24, 2.45) is 5.73 Å². The predicted molar refractivity (Wildman–Crippen MR) is 71.2 cm³/mol. The summed E-state index contributed by atoms with van der Waals surface area (Å²) in [4.78, 5) is 22.4. The van der Waals surface area contributed by atoms with Gasteiger partial charge in [0.05, 0.1) is 0 Å². The van der Waals surface area contributed by atoms with Crippen molar-refractivity contribution in [3.05, 3.63) is 35.4 Å². The van der Waals surface area contributed by atoms with Gasteiger partial charge < -0.3 is 10.5 Å². The first-order valence-electron chi connectivity index (χ1n) is 5.88. The minimum atomic E-state index is -0.557. The Hall–Kier alpha value is -2.08. The summed E-state index contributed by atoms with van der Waals surface area (Å²) in [5, 5.41) is 0. The van der Waals surface area contributed by atoms with Crippen LogP contribution in [-0.2, 0) is 11.3 Å². The quantitative estimate of drug-likeness (QED) is 0.716. The molecular formula is C13H19N3O3. The third kappa shape index (κ3) is 5.87. The first-order chi connectivity index (χ1) is 8.78. The van der Waals surface area contributed by atoms with E-state index in [4.69, 9.17) is 10.5 Å². The molecule has 2 amide bonds. The summed E-state index contributed by atoms with van der Waals surface area (Å²) in [7, 11) is 0. The molecule has 0 saturated heterocycles. The molecular weight excluding hydrogens is 246 g/mol. The topological polar surface area (TPSA) is 93.4 Å². The Morgan fingerprint density at radius 1 is 1.32 bits per heavy atom. The van der Waals surface area contributed by atoms with E-state index in [1.165, 1.54) is 0 Å². The van der Waals surface area contributed by atoms with Gasteiger partial charge in [0.15, 0.2) is 0 Å². The molecule has 1 aromatic rings. The van der Waals surface area contributed by atoms with Crippen LogP contribution in [0.4, 0.5) is 4.79 Å². The molecule has 0 bridgehead atoms. The monoisotopic (exact) mass is 265 g/mol. The maximum Gasteiger partial charge on any atom is 0.422 e. The zero-order valence-corrected chi connectivity index (χ0v) is 11.3. The Labute approximate surface area is 112 Å². The van der Waals surface area contributed by atoms with Crippen molar-refractivity contribution in [2.45, 2.75) is 32.9 Å². The van der Waals surface area contributed by atoms with Crippen LogP contribution in [0.1, 0.15) is 36.7 Å². The molecule has 0 fully saturated rings. The smallest absolute Gasteiger partial charge is 0.422 e. The molecule has 0 aliphatic carbocycles. The molecule has 0 aliphatic rings. The fraction of sp³-hybridized carbons (Fsp3) is 0.385. The molecule has 0 radical (unpaired) electrons. The number of hydrazine groups is 1. The number of hydrogen-bond donors (Lipinski definition) is 3. The van der Waals surface area contributed by atoms with E-state index in [0.29, 0.717) is 12.1 Å². The van der Waals surface area contributed by atoms with E-state index in [1.807, 2.05) is 6.07 Å². The number of rotatable bonds is 4. The minimum absolute atomic E-state index is 0.361. The third-order valence-corrected chi connectivity index (χ3v) is 2.09. The standard InChI is InChI=1S/C13H19N3O3/c1-13(2,3)19-12(18)16-15-8-9-5-4-6-10(7-9)11(14)17/h4-7,15H,8H2,1-3H3,(H2,14,17)(H,16,18). The van der Waals surface area contributed by atoms with Crippen LogP contribution >= 0.6 is 0 Å². The van der Waals surface area contributed by atoms with Crippen LogP contribution in [0.25, 0.3) is 0 Å². The first kappa shape index (κ1) is 15.0. The fourth-order valence-corrected chi connectivity index (χ4v) is 1.36. The van der Waals surface area contributed by atoms with Crippen LogP contribution in [0.15, 0.2) is 24.3 Å². The predicted octanol–water partition coefficient (Wildman–Crippen LogP) is 1.31. The molecule has 0 heterocycles. The van der Waals surface area contributed by atoms with Crippen molar-refractivity contribution < 1.29 is 14.3 Å². The molecule has 1 aromatic carbocycles. The van der Waals surface area contributed by atoms with Crippen LogP contribution in [0.5, 0.6) is 0 Å². The molecule has 1 rings (SSSR count). The van der Waals surface area contributed by atoms with Crippen molar-refractivity contribution in [1.29, 1.82) is 0 Å². The molecule has 0 aromatic heterocycles. The highest BCUT2D eigenvalue weighted by Crippen LogP contribution is 2.06. The van der Waals surface area contributed by atoms with Gasteiger partial charge in [-0.15, -0.1) is 0 Å². The van der Waals surface area contributed by atoms with Crippen LogP contribution in [0, 0.1) is 0 Å². The number of hydrogen-bond acceptors (Lipinski definition) is 4. The summed E-state index contributed by atoms with van der Waals surface area (Å²) in [6.45, 7) is 5.70. The molecule has 4 N–H and O–H groups in total. The lowest BCUT2D eigenvalue weighted by atomic mass is 10.1. The SMILES string of the molecule is CC(C)(C)OC(=O)NNCc1cccc(C(N)=O)c1. The fourth-order valence-electron chi connectivity index (χ4n) is 1.36. The number of nitrogens with two attached hydrogens (primary N) is 1. The number of primary amides is 1. The van der Waals surface area contributed by atoms with E-state index in [2.05, 4.69) is 10.9 Å². The summed E-state index contributed by atoms with van der Waals surface area (Å²) in [6, 6.07) is 6.83. The van der Waals surface area contributed by atoms with Gasteiger partial charge in [0.1, 0.15) is 5.60 Å². The number of carbonyl (C=O) groups is 2. The second kappa shape index (κ2) is 6.19. The van der Waals surface area contributed by atoms with Crippen molar-refractivity contribution in [3.63, 3.8) is 0 Å². The van der Waals surface area contributed by atoms with E-state index in [-0.39, 0.29) is 0 Å². The zero-order valence-electron chi connectivity index (χ0n) is 11.3. The maximum atomic E-state index is 11.4. The van der Waals surface area contributed by atoms with Crippen molar-refractivity contribution >= 4 is 12.0 Å². The van der Waals surface area contributed by atoms with Gasteiger partial charge in [-0.05, 0) is 38.5 Å². The van der Waals surface area contributed by atoms with Crippen molar-refractivity contribution in [3.8, 4) is 0 Å². The van der Waals surface area contributed by atoms with E-state index in [1.54, 1.807) is 39.0 Å². The van der Waals surface area contributed by atoms with Gasteiger partial charge >= 0.3 is 6.09 Å². The Balaban J connectivity index is 2.43. The Kier molecular flexibility index (Phi) is 4.88. The van der Waals surface area contributed by atoms with Crippen LogP contribution in [0.3, 0.4) is 0 Å². The molecule has 19 heavy (non-hydrogen) atoms. The van der Waals surface area contributed by atoms with E-state index < -0.39 is 17.6 Å². The second-order valence-electron chi connectivity index (χ2n) is 5.05. The largest absolute Gasteiger partial charge is 0.443 e. The van der Waals surface area contributed by atoms with Gasteiger partial charge in [-0.3, -0.25) is 10.2 Å². The number of carbonyl (C=O) groups excluding carboxylic acids is 2. The highest BCUT2D eigenvalue weighted by molar-refractivity contribution is 5.92. The normalized spacial score (nSPS) is 10.9. The van der Waals surface area contributed by atoms with Gasteiger partial charge in [-0.1, -0.05) is 12.1 Å². The van der Waals surface area contributed by atoms with Crippen LogP contribution < -0.4 is 16.6 Å². The summed E-state index contributed by atoms with van der Waals surface area (Å²) in [6.07, 6.45) is -0.557. The van der Waals surface area contributed by atoms with Gasteiger partial charge in [0, 0.05) is 12.1 Å². The van der Waals surface area contributed by atoms with Crippen LogP contribution in [-0.4, -0.2) is 17.6 Å². The number of nitrogens with one attached hydrogen (secondary N) is 2.